The van der Waals surface area contributed by atoms with Crippen molar-refractivity contribution < 1.29 is 10.2 Å². The van der Waals surface area contributed by atoms with E-state index in [0.29, 0.717) is 0 Å². The molecule has 74 valence electrons. The summed E-state index contributed by atoms with van der Waals surface area (Å²) in [6.45, 7) is 6.49. The van der Waals surface area contributed by atoms with Crippen LogP contribution in [-0.4, -0.2) is 22.9 Å². The first-order valence-corrected chi connectivity index (χ1v) is 4.83. The Morgan fingerprint density at radius 3 is 2.25 bits per heavy atom. The molecule has 0 spiro atoms. The molecular weight excluding hydrogens is 152 g/mol. The van der Waals surface area contributed by atoms with Crippen molar-refractivity contribution in [3.05, 3.63) is 0 Å². The van der Waals surface area contributed by atoms with E-state index >= 15 is 0 Å². The lowest BCUT2D eigenvalue weighted by molar-refractivity contribution is 0.0376. The highest BCUT2D eigenvalue weighted by molar-refractivity contribution is 4.75. The average molecular weight is 174 g/mol. The predicted octanol–water partition coefficient (Wildman–Crippen LogP) is 1.95. The van der Waals surface area contributed by atoms with Gasteiger partial charge in [-0.05, 0) is 31.1 Å². The minimum absolute atomic E-state index is 0.0233. The van der Waals surface area contributed by atoms with Crippen LogP contribution in [0.3, 0.4) is 0 Å². The maximum Gasteiger partial charge on any atom is 0.0591 e. The molecule has 0 aromatic heterocycles. The topological polar surface area (TPSA) is 40.5 Å². The van der Waals surface area contributed by atoms with E-state index in [1.807, 2.05) is 0 Å². The molecule has 1 unspecified atom stereocenters. The first-order valence-electron chi connectivity index (χ1n) is 4.83. The predicted molar refractivity (Wildman–Crippen MR) is 51.0 cm³/mol. The van der Waals surface area contributed by atoms with Crippen LogP contribution in [0.4, 0.5) is 0 Å². The normalized spacial score (nSPS) is 14.8. The van der Waals surface area contributed by atoms with Crippen LogP contribution in [0.15, 0.2) is 0 Å². The van der Waals surface area contributed by atoms with Crippen LogP contribution in [0.25, 0.3) is 0 Å². The van der Waals surface area contributed by atoms with E-state index in [1.165, 1.54) is 0 Å². The van der Waals surface area contributed by atoms with Gasteiger partial charge in [-0.15, -0.1) is 0 Å². The summed E-state index contributed by atoms with van der Waals surface area (Å²) in [6, 6.07) is 0. The molecule has 2 heteroatoms. The molecule has 2 N–H and O–H groups in total. The second-order valence-corrected chi connectivity index (χ2v) is 4.08. The van der Waals surface area contributed by atoms with Gasteiger partial charge in [-0.1, -0.05) is 20.8 Å². The van der Waals surface area contributed by atoms with Crippen LogP contribution in [0.5, 0.6) is 0 Å². The molecule has 0 radical (unpaired) electrons. The fourth-order valence-corrected chi connectivity index (χ4v) is 1.08. The Hall–Kier alpha value is -0.0800. The summed E-state index contributed by atoms with van der Waals surface area (Å²) in [5.41, 5.74) is 0.0233. The molecule has 0 heterocycles. The molecule has 12 heavy (non-hydrogen) atoms. The van der Waals surface area contributed by atoms with E-state index in [2.05, 4.69) is 20.8 Å². The fraction of sp³-hybridized carbons (Fsp3) is 1.00. The van der Waals surface area contributed by atoms with Gasteiger partial charge >= 0.3 is 0 Å². The molecule has 0 saturated carbocycles. The zero-order valence-corrected chi connectivity index (χ0v) is 8.51. The monoisotopic (exact) mass is 174 g/mol. The van der Waals surface area contributed by atoms with E-state index in [1.54, 1.807) is 0 Å². The SMILES string of the molecule is CCC(C)(C)C(O)CCCCO. The van der Waals surface area contributed by atoms with Gasteiger partial charge in [0, 0.05) is 6.61 Å². The number of hydrogen-bond acceptors (Lipinski definition) is 2. The number of unbranched alkanes of at least 4 members (excludes halogenated alkanes) is 1. The Morgan fingerprint density at radius 2 is 1.83 bits per heavy atom. The third kappa shape index (κ3) is 4.07. The molecular formula is C10H22O2. The molecule has 0 rings (SSSR count). The minimum Gasteiger partial charge on any atom is -0.396 e. The zero-order valence-electron chi connectivity index (χ0n) is 8.51. The quantitative estimate of drug-likeness (QED) is 0.604. The van der Waals surface area contributed by atoms with Crippen molar-refractivity contribution in [2.24, 2.45) is 5.41 Å². The van der Waals surface area contributed by atoms with Crippen molar-refractivity contribution in [3.63, 3.8) is 0 Å². The van der Waals surface area contributed by atoms with E-state index in [9.17, 15) is 5.11 Å². The van der Waals surface area contributed by atoms with Gasteiger partial charge in [-0.3, -0.25) is 0 Å². The summed E-state index contributed by atoms with van der Waals surface area (Å²) in [5, 5.41) is 18.3. The molecule has 0 saturated heterocycles. The van der Waals surface area contributed by atoms with Crippen molar-refractivity contribution in [3.8, 4) is 0 Å². The fourth-order valence-electron chi connectivity index (χ4n) is 1.08. The molecule has 0 aliphatic heterocycles. The second kappa shape index (κ2) is 5.55. The van der Waals surface area contributed by atoms with Gasteiger partial charge in [0.25, 0.3) is 0 Å². The molecule has 0 fully saturated rings. The van der Waals surface area contributed by atoms with Crippen molar-refractivity contribution in [1.82, 2.24) is 0 Å². The number of hydrogen-bond donors (Lipinski definition) is 2. The highest BCUT2D eigenvalue weighted by Crippen LogP contribution is 2.27. The zero-order chi connectivity index (χ0) is 9.61. The lowest BCUT2D eigenvalue weighted by Gasteiger charge is -2.29. The first kappa shape index (κ1) is 11.9. The molecule has 0 bridgehead atoms. The van der Waals surface area contributed by atoms with Crippen molar-refractivity contribution >= 4 is 0 Å². The number of rotatable bonds is 6. The highest BCUT2D eigenvalue weighted by Gasteiger charge is 2.24. The van der Waals surface area contributed by atoms with Crippen molar-refractivity contribution in [2.45, 2.75) is 52.6 Å². The van der Waals surface area contributed by atoms with Gasteiger partial charge in [0.15, 0.2) is 0 Å². The van der Waals surface area contributed by atoms with Crippen LogP contribution >= 0.6 is 0 Å². The van der Waals surface area contributed by atoms with E-state index in [0.717, 1.165) is 25.7 Å². The number of aliphatic hydroxyl groups is 2. The Kier molecular flexibility index (Phi) is 5.51. The molecule has 0 aromatic carbocycles. The maximum absolute atomic E-state index is 9.72. The Bertz CT molecular complexity index is 110. The van der Waals surface area contributed by atoms with Gasteiger partial charge in [0.05, 0.1) is 6.10 Å². The summed E-state index contributed by atoms with van der Waals surface area (Å²) in [6.07, 6.45) is 3.29. The third-order valence-electron chi connectivity index (χ3n) is 2.70. The highest BCUT2D eigenvalue weighted by atomic mass is 16.3. The summed E-state index contributed by atoms with van der Waals surface area (Å²) in [7, 11) is 0. The molecule has 0 amide bonds. The summed E-state index contributed by atoms with van der Waals surface area (Å²) < 4.78 is 0. The van der Waals surface area contributed by atoms with E-state index in [4.69, 9.17) is 5.11 Å². The van der Waals surface area contributed by atoms with Crippen LogP contribution < -0.4 is 0 Å². The Labute approximate surface area is 75.6 Å². The largest absolute Gasteiger partial charge is 0.396 e. The van der Waals surface area contributed by atoms with Crippen LogP contribution in [-0.2, 0) is 0 Å². The lowest BCUT2D eigenvalue weighted by atomic mass is 9.81. The molecule has 2 nitrogen and oxygen atoms in total. The maximum atomic E-state index is 9.72. The smallest absolute Gasteiger partial charge is 0.0591 e. The second-order valence-electron chi connectivity index (χ2n) is 4.08. The summed E-state index contributed by atoms with van der Waals surface area (Å²) >= 11 is 0. The molecule has 1 atom stereocenters. The van der Waals surface area contributed by atoms with Crippen molar-refractivity contribution in [2.75, 3.05) is 6.61 Å². The van der Waals surface area contributed by atoms with Gasteiger partial charge in [-0.25, -0.2) is 0 Å². The average Bonchev–Trinajstić information content (AvgIpc) is 2.05. The number of aliphatic hydroxyl groups excluding tert-OH is 2. The lowest BCUT2D eigenvalue weighted by Crippen LogP contribution is -2.28. The standard InChI is InChI=1S/C10H22O2/c1-4-10(2,3)9(12)7-5-6-8-11/h9,11-12H,4-8H2,1-3H3. The van der Waals surface area contributed by atoms with Crippen LogP contribution in [0, 0.1) is 5.41 Å². The molecule has 0 aliphatic rings. The van der Waals surface area contributed by atoms with E-state index in [-0.39, 0.29) is 18.1 Å². The molecule has 0 aliphatic carbocycles. The summed E-state index contributed by atoms with van der Waals surface area (Å²) in [4.78, 5) is 0. The van der Waals surface area contributed by atoms with Crippen LogP contribution in [0.2, 0.25) is 0 Å². The van der Waals surface area contributed by atoms with Gasteiger partial charge in [0.2, 0.25) is 0 Å². The van der Waals surface area contributed by atoms with Gasteiger partial charge in [-0.2, -0.15) is 0 Å². The van der Waals surface area contributed by atoms with Crippen LogP contribution in [0.1, 0.15) is 46.5 Å². The van der Waals surface area contributed by atoms with E-state index < -0.39 is 0 Å². The van der Waals surface area contributed by atoms with Gasteiger partial charge < -0.3 is 10.2 Å². The Balaban J connectivity index is 3.63. The Morgan fingerprint density at radius 1 is 1.25 bits per heavy atom. The molecule has 0 aromatic rings. The third-order valence-corrected chi connectivity index (χ3v) is 2.70. The minimum atomic E-state index is -0.228. The van der Waals surface area contributed by atoms with Crippen molar-refractivity contribution in [1.29, 1.82) is 0 Å². The van der Waals surface area contributed by atoms with Gasteiger partial charge in [0.1, 0.15) is 0 Å². The summed E-state index contributed by atoms with van der Waals surface area (Å²) in [5.74, 6) is 0. The first-order chi connectivity index (χ1) is 5.54.